The Morgan fingerprint density at radius 3 is 2.79 bits per heavy atom. The lowest BCUT2D eigenvalue weighted by molar-refractivity contribution is -0.385. The summed E-state index contributed by atoms with van der Waals surface area (Å²) in [4.78, 5) is 22.0. The standard InChI is InChI=1S/C15H19BrN4O4/c16-13-7-12(20(23)24)6-10(15(13)22)8-18-19-14(21)9-17-11-4-2-1-3-5-11/h6-8,11,17,22H,1-5,9H2,(H,19,21)/b18-8-. The van der Waals surface area contributed by atoms with Gasteiger partial charge in [0.1, 0.15) is 5.75 Å². The molecule has 1 saturated carbocycles. The lowest BCUT2D eigenvalue weighted by Crippen LogP contribution is -2.38. The lowest BCUT2D eigenvalue weighted by Gasteiger charge is -2.22. The topological polar surface area (TPSA) is 117 Å². The van der Waals surface area contributed by atoms with Gasteiger partial charge in [-0.15, -0.1) is 0 Å². The number of amides is 1. The van der Waals surface area contributed by atoms with Crippen molar-refractivity contribution in [2.24, 2.45) is 5.10 Å². The van der Waals surface area contributed by atoms with E-state index < -0.39 is 4.92 Å². The molecule has 9 heteroatoms. The van der Waals surface area contributed by atoms with Crippen molar-refractivity contribution in [2.45, 2.75) is 38.1 Å². The molecule has 3 N–H and O–H groups in total. The second-order valence-corrected chi connectivity index (χ2v) is 6.49. The molecule has 0 heterocycles. The van der Waals surface area contributed by atoms with Gasteiger partial charge in [-0.05, 0) is 28.8 Å². The Hall–Kier alpha value is -2.00. The number of aromatic hydroxyl groups is 1. The van der Waals surface area contributed by atoms with Gasteiger partial charge in [0.2, 0.25) is 0 Å². The molecule has 0 aromatic heterocycles. The number of carbonyl (C=O) groups is 1. The third-order valence-corrected chi connectivity index (χ3v) is 4.44. The van der Waals surface area contributed by atoms with Crippen LogP contribution in [0.2, 0.25) is 0 Å². The highest BCUT2D eigenvalue weighted by Crippen LogP contribution is 2.31. The van der Waals surface area contributed by atoms with Crippen molar-refractivity contribution in [2.75, 3.05) is 6.54 Å². The van der Waals surface area contributed by atoms with Crippen molar-refractivity contribution in [1.29, 1.82) is 0 Å². The van der Waals surface area contributed by atoms with Crippen LogP contribution in [0.4, 0.5) is 5.69 Å². The number of hydrazone groups is 1. The summed E-state index contributed by atoms with van der Waals surface area (Å²) >= 11 is 3.04. The van der Waals surface area contributed by atoms with E-state index in [1.807, 2.05) is 0 Å². The number of phenolic OH excluding ortho intramolecular Hbond substituents is 1. The second-order valence-electron chi connectivity index (χ2n) is 5.63. The number of halogens is 1. The minimum absolute atomic E-state index is 0.136. The van der Waals surface area contributed by atoms with Crippen LogP contribution in [0, 0.1) is 10.1 Å². The quantitative estimate of drug-likeness (QED) is 0.386. The highest BCUT2D eigenvalue weighted by atomic mass is 79.9. The zero-order valence-electron chi connectivity index (χ0n) is 13.0. The van der Waals surface area contributed by atoms with Crippen molar-refractivity contribution in [3.8, 4) is 5.75 Å². The van der Waals surface area contributed by atoms with Crippen LogP contribution < -0.4 is 10.7 Å². The zero-order valence-corrected chi connectivity index (χ0v) is 14.6. The van der Waals surface area contributed by atoms with Crippen LogP contribution >= 0.6 is 15.9 Å². The molecule has 24 heavy (non-hydrogen) atoms. The van der Waals surface area contributed by atoms with Crippen LogP contribution in [0.3, 0.4) is 0 Å². The molecular formula is C15H19BrN4O4. The molecule has 1 fully saturated rings. The molecule has 0 unspecified atom stereocenters. The maximum atomic E-state index is 11.7. The SMILES string of the molecule is O=C(CNC1CCCCC1)N/N=C\c1cc([N+](=O)[O-])cc(Br)c1O. The van der Waals surface area contributed by atoms with Crippen LogP contribution in [0.25, 0.3) is 0 Å². The van der Waals surface area contributed by atoms with Crippen LogP contribution in [0.5, 0.6) is 5.75 Å². The summed E-state index contributed by atoms with van der Waals surface area (Å²) in [6.45, 7) is 0.159. The predicted molar refractivity (Wildman–Crippen MR) is 93.1 cm³/mol. The number of nitro groups is 1. The van der Waals surface area contributed by atoms with Crippen molar-refractivity contribution >= 4 is 33.7 Å². The first-order valence-corrected chi connectivity index (χ1v) is 8.49. The van der Waals surface area contributed by atoms with E-state index in [2.05, 4.69) is 31.8 Å². The third-order valence-electron chi connectivity index (χ3n) is 3.84. The number of nitro benzene ring substituents is 1. The van der Waals surface area contributed by atoms with E-state index in [1.54, 1.807) is 0 Å². The maximum Gasteiger partial charge on any atom is 0.271 e. The minimum atomic E-state index is -0.575. The number of benzene rings is 1. The van der Waals surface area contributed by atoms with Gasteiger partial charge in [-0.25, -0.2) is 5.43 Å². The first kappa shape index (κ1) is 18.3. The van der Waals surface area contributed by atoms with Crippen molar-refractivity contribution in [3.05, 3.63) is 32.3 Å². The van der Waals surface area contributed by atoms with Gasteiger partial charge in [-0.3, -0.25) is 14.9 Å². The maximum absolute atomic E-state index is 11.7. The fourth-order valence-corrected chi connectivity index (χ4v) is 3.03. The number of hydrogen-bond acceptors (Lipinski definition) is 6. The Balaban J connectivity index is 1.88. The Morgan fingerprint density at radius 2 is 2.12 bits per heavy atom. The van der Waals surface area contributed by atoms with Crippen LogP contribution in [0.1, 0.15) is 37.7 Å². The van der Waals surface area contributed by atoms with Gasteiger partial charge in [-0.2, -0.15) is 5.10 Å². The molecule has 1 amide bonds. The molecule has 0 aliphatic heterocycles. The number of rotatable bonds is 6. The monoisotopic (exact) mass is 398 g/mol. The average Bonchev–Trinajstić information content (AvgIpc) is 2.57. The molecule has 130 valence electrons. The molecular weight excluding hydrogens is 380 g/mol. The van der Waals surface area contributed by atoms with Crippen molar-refractivity contribution in [1.82, 2.24) is 10.7 Å². The lowest BCUT2D eigenvalue weighted by atomic mass is 9.95. The van der Waals surface area contributed by atoms with Gasteiger partial charge >= 0.3 is 0 Å². The number of nitrogens with zero attached hydrogens (tertiary/aromatic N) is 2. The van der Waals surface area contributed by atoms with E-state index in [-0.39, 0.29) is 33.9 Å². The Bertz CT molecular complexity index is 645. The van der Waals surface area contributed by atoms with Gasteiger partial charge in [-0.1, -0.05) is 19.3 Å². The molecule has 0 atom stereocenters. The molecule has 0 spiro atoms. The highest BCUT2D eigenvalue weighted by Gasteiger charge is 2.15. The molecule has 1 aromatic rings. The second kappa shape index (κ2) is 8.74. The van der Waals surface area contributed by atoms with E-state index >= 15 is 0 Å². The molecule has 2 rings (SSSR count). The molecule has 0 bridgehead atoms. The molecule has 0 saturated heterocycles. The number of hydrogen-bond donors (Lipinski definition) is 3. The highest BCUT2D eigenvalue weighted by molar-refractivity contribution is 9.10. The molecule has 1 aliphatic rings. The summed E-state index contributed by atoms with van der Waals surface area (Å²) < 4.78 is 0.184. The van der Waals surface area contributed by atoms with Crippen molar-refractivity contribution < 1.29 is 14.8 Å². The van der Waals surface area contributed by atoms with E-state index in [0.29, 0.717) is 6.04 Å². The largest absolute Gasteiger partial charge is 0.506 e. The molecule has 8 nitrogen and oxygen atoms in total. The summed E-state index contributed by atoms with van der Waals surface area (Å²) in [6.07, 6.45) is 6.93. The molecule has 0 radical (unpaired) electrons. The smallest absolute Gasteiger partial charge is 0.271 e. The van der Waals surface area contributed by atoms with E-state index in [0.717, 1.165) is 12.8 Å². The van der Waals surface area contributed by atoms with Gasteiger partial charge in [0.05, 0.1) is 22.2 Å². The van der Waals surface area contributed by atoms with Crippen LogP contribution in [-0.2, 0) is 4.79 Å². The molecule has 1 aromatic carbocycles. The van der Waals surface area contributed by atoms with E-state index in [9.17, 15) is 20.0 Å². The Labute approximate surface area is 147 Å². The fraction of sp³-hybridized carbons (Fsp3) is 0.467. The fourth-order valence-electron chi connectivity index (χ4n) is 2.57. The number of nitrogens with one attached hydrogen (secondary N) is 2. The van der Waals surface area contributed by atoms with Crippen LogP contribution in [0.15, 0.2) is 21.7 Å². The van der Waals surface area contributed by atoms with Crippen LogP contribution in [-0.4, -0.2) is 34.7 Å². The zero-order chi connectivity index (χ0) is 17.5. The predicted octanol–water partition coefficient (Wildman–Crippen LogP) is 2.44. The number of carbonyl (C=O) groups excluding carboxylic acids is 1. The normalized spacial score (nSPS) is 15.5. The Morgan fingerprint density at radius 1 is 1.42 bits per heavy atom. The summed E-state index contributed by atoms with van der Waals surface area (Å²) in [6, 6.07) is 2.74. The number of phenols is 1. The van der Waals surface area contributed by atoms with E-state index in [4.69, 9.17) is 0 Å². The van der Waals surface area contributed by atoms with E-state index in [1.165, 1.54) is 37.6 Å². The first-order valence-electron chi connectivity index (χ1n) is 7.69. The average molecular weight is 399 g/mol. The number of non-ortho nitro benzene ring substituents is 1. The van der Waals surface area contributed by atoms with Crippen molar-refractivity contribution in [3.63, 3.8) is 0 Å². The summed E-state index contributed by atoms with van der Waals surface area (Å²) in [5, 5.41) is 27.6. The van der Waals surface area contributed by atoms with Gasteiger partial charge in [0.25, 0.3) is 11.6 Å². The first-order chi connectivity index (χ1) is 11.5. The summed E-state index contributed by atoms with van der Waals surface area (Å²) in [5.74, 6) is -0.486. The molecule has 1 aliphatic carbocycles. The summed E-state index contributed by atoms with van der Waals surface area (Å²) in [5.41, 5.74) is 2.29. The van der Waals surface area contributed by atoms with Gasteiger partial charge in [0.15, 0.2) is 0 Å². The minimum Gasteiger partial charge on any atom is -0.506 e. The Kier molecular flexibility index (Phi) is 6.68. The third kappa shape index (κ3) is 5.27. The van der Waals surface area contributed by atoms with Gasteiger partial charge < -0.3 is 10.4 Å². The van der Waals surface area contributed by atoms with Gasteiger partial charge in [0, 0.05) is 23.7 Å². The summed E-state index contributed by atoms with van der Waals surface area (Å²) in [7, 11) is 0.